The molecule has 0 aliphatic carbocycles. The highest BCUT2D eigenvalue weighted by Crippen LogP contribution is 2.31. The molecule has 0 saturated carbocycles. The van der Waals surface area contributed by atoms with Crippen molar-refractivity contribution in [2.45, 2.75) is 19.0 Å². The van der Waals surface area contributed by atoms with Crippen LogP contribution < -0.4 is 14.4 Å². The minimum atomic E-state index is -0.169. The van der Waals surface area contributed by atoms with E-state index < -0.39 is 0 Å². The Labute approximate surface area is 147 Å². The lowest BCUT2D eigenvalue weighted by molar-refractivity contribution is -0.121. The zero-order valence-corrected chi connectivity index (χ0v) is 14.7. The summed E-state index contributed by atoms with van der Waals surface area (Å²) >= 11 is 0. The fourth-order valence-electron chi connectivity index (χ4n) is 3.09. The third-order valence-corrected chi connectivity index (χ3v) is 4.40. The van der Waals surface area contributed by atoms with Gasteiger partial charge in [-0.2, -0.15) is 0 Å². The van der Waals surface area contributed by atoms with E-state index in [-0.39, 0.29) is 11.9 Å². The van der Waals surface area contributed by atoms with Gasteiger partial charge in [-0.05, 0) is 13.5 Å². The van der Waals surface area contributed by atoms with E-state index in [1.165, 1.54) is 6.33 Å². The maximum absolute atomic E-state index is 12.9. The first-order valence-corrected chi connectivity index (χ1v) is 8.11. The predicted octanol–water partition coefficient (Wildman–Crippen LogP) is 1.73. The first kappa shape index (κ1) is 17.2. The molecule has 0 bridgehead atoms. The van der Waals surface area contributed by atoms with Gasteiger partial charge in [0.05, 0.1) is 25.9 Å². The molecule has 1 atom stereocenters. The minimum absolute atomic E-state index is 0.0784. The molecule has 1 aliphatic rings. The average Bonchev–Trinajstić information content (AvgIpc) is 3.03. The molecular formula is C18H22N4O3. The van der Waals surface area contributed by atoms with Gasteiger partial charge in [0.1, 0.15) is 17.8 Å². The van der Waals surface area contributed by atoms with Crippen LogP contribution in [0, 0.1) is 0 Å². The fraction of sp³-hybridized carbons (Fsp3) is 0.389. The molecule has 7 heteroatoms. The minimum Gasteiger partial charge on any atom is -0.497 e. The molecule has 1 amide bonds. The first-order valence-electron chi connectivity index (χ1n) is 8.11. The number of methoxy groups -OCH3 is 2. The normalized spacial score (nSPS) is 17.2. The molecule has 7 nitrogen and oxygen atoms in total. The van der Waals surface area contributed by atoms with Gasteiger partial charge in [-0.15, -0.1) is 0 Å². The van der Waals surface area contributed by atoms with E-state index in [1.54, 1.807) is 37.6 Å². The second-order valence-electron chi connectivity index (χ2n) is 6.03. The molecule has 1 fully saturated rings. The second kappa shape index (κ2) is 7.48. The summed E-state index contributed by atoms with van der Waals surface area (Å²) in [4.78, 5) is 24.8. The maximum atomic E-state index is 12.9. The average molecular weight is 342 g/mol. The number of anilines is 1. The predicted molar refractivity (Wildman–Crippen MR) is 93.8 cm³/mol. The number of carbonyl (C=O) groups is 1. The van der Waals surface area contributed by atoms with Crippen LogP contribution in [0.3, 0.4) is 0 Å². The molecule has 25 heavy (non-hydrogen) atoms. The van der Waals surface area contributed by atoms with Crippen LogP contribution in [0.4, 0.5) is 5.69 Å². The Morgan fingerprint density at radius 1 is 1.16 bits per heavy atom. The Kier molecular flexibility index (Phi) is 5.14. The van der Waals surface area contributed by atoms with Gasteiger partial charge in [0.15, 0.2) is 0 Å². The van der Waals surface area contributed by atoms with Crippen molar-refractivity contribution < 1.29 is 14.3 Å². The zero-order chi connectivity index (χ0) is 17.8. The topological polar surface area (TPSA) is 67.8 Å². The third-order valence-electron chi connectivity index (χ3n) is 4.40. The van der Waals surface area contributed by atoms with Gasteiger partial charge in [0, 0.05) is 49.2 Å². The van der Waals surface area contributed by atoms with Gasteiger partial charge in [-0.1, -0.05) is 0 Å². The number of ether oxygens (including phenoxy) is 2. The molecule has 132 valence electrons. The van der Waals surface area contributed by atoms with Crippen LogP contribution in [-0.4, -0.2) is 54.6 Å². The third kappa shape index (κ3) is 3.71. The van der Waals surface area contributed by atoms with Gasteiger partial charge in [-0.3, -0.25) is 9.69 Å². The van der Waals surface area contributed by atoms with E-state index >= 15 is 0 Å². The SMILES string of the molecule is COc1cc(OC)cc(N2CC[C@@H](N(C)Cc3cncnc3)C2=O)c1. The highest BCUT2D eigenvalue weighted by Gasteiger charge is 2.35. The summed E-state index contributed by atoms with van der Waals surface area (Å²) < 4.78 is 10.6. The van der Waals surface area contributed by atoms with Crippen LogP contribution in [0.5, 0.6) is 11.5 Å². The van der Waals surface area contributed by atoms with Crippen molar-refractivity contribution in [1.82, 2.24) is 14.9 Å². The number of nitrogens with zero attached hydrogens (tertiary/aromatic N) is 4. The summed E-state index contributed by atoms with van der Waals surface area (Å²) in [5.74, 6) is 1.41. The summed E-state index contributed by atoms with van der Waals surface area (Å²) in [6.07, 6.45) is 5.81. The van der Waals surface area contributed by atoms with Gasteiger partial charge < -0.3 is 14.4 Å². The number of benzene rings is 1. The number of hydrogen-bond acceptors (Lipinski definition) is 6. The van der Waals surface area contributed by atoms with Crippen molar-refractivity contribution in [2.24, 2.45) is 0 Å². The Hall–Kier alpha value is -2.67. The van der Waals surface area contributed by atoms with Crippen molar-refractivity contribution in [2.75, 3.05) is 32.7 Å². The van der Waals surface area contributed by atoms with Crippen LogP contribution in [0.2, 0.25) is 0 Å². The van der Waals surface area contributed by atoms with E-state index in [0.717, 1.165) is 17.7 Å². The fourth-order valence-corrected chi connectivity index (χ4v) is 3.09. The number of aromatic nitrogens is 2. The van der Waals surface area contributed by atoms with Crippen molar-refractivity contribution in [3.05, 3.63) is 42.5 Å². The van der Waals surface area contributed by atoms with Crippen molar-refractivity contribution in [1.29, 1.82) is 0 Å². The maximum Gasteiger partial charge on any atom is 0.244 e. The van der Waals surface area contributed by atoms with E-state index in [9.17, 15) is 4.79 Å². The van der Waals surface area contributed by atoms with E-state index in [4.69, 9.17) is 9.47 Å². The molecule has 1 aliphatic heterocycles. The molecule has 1 saturated heterocycles. The van der Waals surface area contributed by atoms with Crippen LogP contribution in [0.15, 0.2) is 36.9 Å². The van der Waals surface area contributed by atoms with Gasteiger partial charge in [-0.25, -0.2) is 9.97 Å². The van der Waals surface area contributed by atoms with Crippen molar-refractivity contribution >= 4 is 11.6 Å². The monoisotopic (exact) mass is 342 g/mol. The molecule has 0 N–H and O–H groups in total. The van der Waals surface area contributed by atoms with E-state index in [1.807, 2.05) is 24.1 Å². The molecule has 0 radical (unpaired) electrons. The molecule has 2 aromatic rings. The van der Waals surface area contributed by atoms with Crippen LogP contribution in [0.25, 0.3) is 0 Å². The summed E-state index contributed by atoms with van der Waals surface area (Å²) in [5.41, 5.74) is 1.78. The lowest BCUT2D eigenvalue weighted by Gasteiger charge is -2.24. The first-order chi connectivity index (χ1) is 12.1. The Bertz CT molecular complexity index is 716. The van der Waals surface area contributed by atoms with Crippen LogP contribution in [0.1, 0.15) is 12.0 Å². The highest BCUT2D eigenvalue weighted by atomic mass is 16.5. The van der Waals surface area contributed by atoms with Crippen molar-refractivity contribution in [3.8, 4) is 11.5 Å². The summed E-state index contributed by atoms with van der Waals surface area (Å²) in [6, 6.07) is 5.34. The molecule has 1 aromatic carbocycles. The molecule has 1 aromatic heterocycles. The van der Waals surface area contributed by atoms with Gasteiger partial charge >= 0.3 is 0 Å². The van der Waals surface area contributed by atoms with Gasteiger partial charge in [0.2, 0.25) is 5.91 Å². The molecule has 0 spiro atoms. The summed E-state index contributed by atoms with van der Waals surface area (Å²) in [6.45, 7) is 1.29. The Balaban J connectivity index is 1.75. The number of hydrogen-bond donors (Lipinski definition) is 0. The number of rotatable bonds is 6. The zero-order valence-electron chi connectivity index (χ0n) is 14.7. The largest absolute Gasteiger partial charge is 0.497 e. The number of carbonyl (C=O) groups excluding carboxylic acids is 1. The summed E-state index contributed by atoms with van der Waals surface area (Å²) in [5, 5.41) is 0. The lowest BCUT2D eigenvalue weighted by Crippen LogP contribution is -2.39. The molecular weight excluding hydrogens is 320 g/mol. The Morgan fingerprint density at radius 3 is 2.40 bits per heavy atom. The molecule has 0 unspecified atom stereocenters. The highest BCUT2D eigenvalue weighted by molar-refractivity contribution is 5.99. The molecule has 3 rings (SSSR count). The Morgan fingerprint density at radius 2 is 1.80 bits per heavy atom. The standard InChI is InChI=1S/C18H22N4O3/c1-21(11-13-9-19-12-20-10-13)17-4-5-22(18(17)23)14-6-15(24-2)8-16(7-14)25-3/h6-10,12,17H,4-5,11H2,1-3H3/t17-/m1/s1. The van der Waals surface area contributed by atoms with E-state index in [2.05, 4.69) is 9.97 Å². The number of likely N-dealkylation sites (N-methyl/N-ethyl adjacent to an activating group) is 1. The quantitative estimate of drug-likeness (QED) is 0.796. The smallest absolute Gasteiger partial charge is 0.244 e. The second-order valence-corrected chi connectivity index (χ2v) is 6.03. The van der Waals surface area contributed by atoms with E-state index in [0.29, 0.717) is 24.6 Å². The van der Waals surface area contributed by atoms with Gasteiger partial charge in [0.25, 0.3) is 0 Å². The number of amides is 1. The van der Waals surface area contributed by atoms with Crippen LogP contribution in [-0.2, 0) is 11.3 Å². The summed E-state index contributed by atoms with van der Waals surface area (Å²) in [7, 11) is 5.15. The molecule has 2 heterocycles. The van der Waals surface area contributed by atoms with Crippen molar-refractivity contribution in [3.63, 3.8) is 0 Å². The lowest BCUT2D eigenvalue weighted by atomic mass is 10.2. The van der Waals surface area contributed by atoms with Crippen LogP contribution >= 0.6 is 0 Å².